The number of aryl methyl sites for hydroxylation is 1. The number of hydrogen-bond donors (Lipinski definition) is 0. The molecular formula is C12H12O2S. The summed E-state index contributed by atoms with van der Waals surface area (Å²) in [5, 5.41) is 0. The molecule has 3 rings (SSSR count). The normalized spacial score (nSPS) is 19.9. The average Bonchev–Trinajstić information content (AvgIpc) is 2.54. The Morgan fingerprint density at radius 3 is 2.87 bits per heavy atom. The van der Waals surface area contributed by atoms with Crippen LogP contribution in [0, 0.1) is 0 Å². The summed E-state index contributed by atoms with van der Waals surface area (Å²) in [4.78, 5) is 11.4. The molecule has 1 aliphatic heterocycles. The van der Waals surface area contributed by atoms with Crippen LogP contribution >= 0.6 is 11.8 Å². The molecule has 0 atom stereocenters. The van der Waals surface area contributed by atoms with E-state index in [0.29, 0.717) is 12.5 Å². The molecule has 2 aliphatic rings. The van der Waals surface area contributed by atoms with Crippen molar-refractivity contribution in [3.05, 3.63) is 29.3 Å². The predicted molar refractivity (Wildman–Crippen MR) is 60.8 cm³/mol. The first kappa shape index (κ1) is 9.28. The Kier molecular flexibility index (Phi) is 2.20. The molecule has 1 fully saturated rings. The minimum atomic E-state index is 0.274. The molecule has 1 aromatic carbocycles. The van der Waals surface area contributed by atoms with Crippen LogP contribution in [0.5, 0.6) is 5.75 Å². The van der Waals surface area contributed by atoms with Crippen molar-refractivity contribution in [2.45, 2.75) is 18.9 Å². The molecule has 0 bridgehead atoms. The van der Waals surface area contributed by atoms with Crippen LogP contribution in [0.4, 0.5) is 0 Å². The van der Waals surface area contributed by atoms with Crippen molar-refractivity contribution in [1.82, 2.24) is 0 Å². The van der Waals surface area contributed by atoms with Crippen LogP contribution in [0.15, 0.2) is 18.2 Å². The van der Waals surface area contributed by atoms with Gasteiger partial charge in [-0.1, -0.05) is 0 Å². The maximum absolute atomic E-state index is 11.4. The average molecular weight is 220 g/mol. The van der Waals surface area contributed by atoms with E-state index >= 15 is 0 Å². The van der Waals surface area contributed by atoms with Crippen molar-refractivity contribution in [2.75, 3.05) is 11.5 Å². The first-order valence-corrected chi connectivity index (χ1v) is 6.39. The fraction of sp³-hybridized carbons (Fsp3) is 0.417. The molecule has 0 radical (unpaired) electrons. The van der Waals surface area contributed by atoms with Gasteiger partial charge in [-0.05, 0) is 30.2 Å². The first-order valence-electron chi connectivity index (χ1n) is 5.23. The Bertz CT molecular complexity index is 410. The number of thioether (sulfide) groups is 1. The minimum absolute atomic E-state index is 0.274. The quantitative estimate of drug-likeness (QED) is 0.765. The van der Waals surface area contributed by atoms with Crippen LogP contribution in [0.1, 0.15) is 22.3 Å². The molecular weight excluding hydrogens is 208 g/mol. The second-order valence-electron chi connectivity index (χ2n) is 4.02. The number of rotatable bonds is 2. The molecule has 1 aromatic rings. The zero-order chi connectivity index (χ0) is 10.3. The minimum Gasteiger partial charge on any atom is -0.489 e. The molecule has 0 amide bonds. The summed E-state index contributed by atoms with van der Waals surface area (Å²) in [5.74, 6) is 3.39. The molecule has 0 spiro atoms. The van der Waals surface area contributed by atoms with Gasteiger partial charge in [0, 0.05) is 23.5 Å². The number of carbonyl (C=O) groups excluding carboxylic acids is 1. The van der Waals surface area contributed by atoms with Crippen LogP contribution in [-0.4, -0.2) is 23.4 Å². The van der Waals surface area contributed by atoms with Gasteiger partial charge in [0.1, 0.15) is 11.9 Å². The van der Waals surface area contributed by atoms with E-state index in [1.54, 1.807) is 0 Å². The van der Waals surface area contributed by atoms with Gasteiger partial charge in [-0.15, -0.1) is 0 Å². The van der Waals surface area contributed by atoms with Crippen molar-refractivity contribution in [3.8, 4) is 5.75 Å². The van der Waals surface area contributed by atoms with Crippen LogP contribution in [0.3, 0.4) is 0 Å². The van der Waals surface area contributed by atoms with Crippen LogP contribution in [0.2, 0.25) is 0 Å². The summed E-state index contributed by atoms with van der Waals surface area (Å²) >= 11 is 1.91. The van der Waals surface area contributed by atoms with Gasteiger partial charge in [-0.2, -0.15) is 11.8 Å². The Morgan fingerprint density at radius 1 is 1.27 bits per heavy atom. The van der Waals surface area contributed by atoms with E-state index < -0.39 is 0 Å². The highest BCUT2D eigenvalue weighted by molar-refractivity contribution is 8.00. The lowest BCUT2D eigenvalue weighted by Gasteiger charge is -2.26. The second kappa shape index (κ2) is 3.56. The van der Waals surface area contributed by atoms with E-state index in [1.807, 2.05) is 30.0 Å². The summed E-state index contributed by atoms with van der Waals surface area (Å²) in [6.07, 6.45) is 1.92. The third-order valence-corrected chi connectivity index (χ3v) is 4.12. The van der Waals surface area contributed by atoms with Crippen LogP contribution < -0.4 is 4.74 Å². The summed E-state index contributed by atoms with van der Waals surface area (Å²) < 4.78 is 5.78. The zero-order valence-electron chi connectivity index (χ0n) is 8.36. The molecule has 0 saturated carbocycles. The SMILES string of the molecule is O=C1CCc2cc(OC3CSC3)ccc21. The van der Waals surface area contributed by atoms with E-state index in [-0.39, 0.29) is 5.78 Å². The smallest absolute Gasteiger partial charge is 0.163 e. The van der Waals surface area contributed by atoms with Gasteiger partial charge >= 0.3 is 0 Å². The third-order valence-electron chi connectivity index (χ3n) is 2.91. The molecule has 0 N–H and O–H groups in total. The Balaban J connectivity index is 1.82. The van der Waals surface area contributed by atoms with E-state index in [0.717, 1.165) is 34.8 Å². The molecule has 0 aromatic heterocycles. The highest BCUT2D eigenvalue weighted by Gasteiger charge is 2.22. The monoisotopic (exact) mass is 220 g/mol. The molecule has 1 saturated heterocycles. The molecule has 0 unspecified atom stereocenters. The number of benzene rings is 1. The van der Waals surface area contributed by atoms with E-state index in [1.165, 1.54) is 0 Å². The fourth-order valence-electron chi connectivity index (χ4n) is 1.98. The number of carbonyl (C=O) groups is 1. The van der Waals surface area contributed by atoms with Gasteiger partial charge in [0.2, 0.25) is 0 Å². The largest absolute Gasteiger partial charge is 0.489 e. The maximum Gasteiger partial charge on any atom is 0.163 e. The summed E-state index contributed by atoms with van der Waals surface area (Å²) in [5.41, 5.74) is 2.05. The predicted octanol–water partition coefficient (Wildman–Crippen LogP) is 2.31. The van der Waals surface area contributed by atoms with Crippen LogP contribution in [0.25, 0.3) is 0 Å². The zero-order valence-corrected chi connectivity index (χ0v) is 9.18. The van der Waals surface area contributed by atoms with Crippen molar-refractivity contribution in [2.24, 2.45) is 0 Å². The lowest BCUT2D eigenvalue weighted by atomic mass is 10.1. The molecule has 15 heavy (non-hydrogen) atoms. The van der Waals surface area contributed by atoms with Gasteiger partial charge in [0.05, 0.1) is 0 Å². The number of hydrogen-bond acceptors (Lipinski definition) is 3. The summed E-state index contributed by atoms with van der Waals surface area (Å²) in [7, 11) is 0. The van der Waals surface area contributed by atoms with Crippen molar-refractivity contribution in [3.63, 3.8) is 0 Å². The number of Topliss-reactive ketones (excluding diaryl/α,β-unsaturated/α-hetero) is 1. The first-order chi connectivity index (χ1) is 7.33. The standard InChI is InChI=1S/C12H12O2S/c13-12-4-1-8-5-9(2-3-11(8)12)14-10-6-15-7-10/h2-3,5,10H,1,4,6-7H2. The maximum atomic E-state index is 11.4. The second-order valence-corrected chi connectivity index (χ2v) is 5.09. The molecule has 2 nitrogen and oxygen atoms in total. The van der Waals surface area contributed by atoms with Crippen molar-refractivity contribution >= 4 is 17.5 Å². The van der Waals surface area contributed by atoms with Gasteiger partial charge in [0.25, 0.3) is 0 Å². The lowest BCUT2D eigenvalue weighted by Crippen LogP contribution is -2.31. The molecule has 1 heterocycles. The summed E-state index contributed by atoms with van der Waals surface area (Å²) in [6.45, 7) is 0. The van der Waals surface area contributed by atoms with Gasteiger partial charge in [-0.25, -0.2) is 0 Å². The van der Waals surface area contributed by atoms with Gasteiger partial charge in [0.15, 0.2) is 5.78 Å². The topological polar surface area (TPSA) is 26.3 Å². The Morgan fingerprint density at radius 2 is 2.13 bits per heavy atom. The molecule has 78 valence electrons. The van der Waals surface area contributed by atoms with Crippen molar-refractivity contribution in [1.29, 1.82) is 0 Å². The van der Waals surface area contributed by atoms with E-state index in [4.69, 9.17) is 4.74 Å². The molecule has 1 aliphatic carbocycles. The number of fused-ring (bicyclic) bond motifs is 1. The number of ketones is 1. The fourth-order valence-corrected chi connectivity index (χ4v) is 2.54. The third kappa shape index (κ3) is 1.65. The lowest BCUT2D eigenvalue weighted by molar-refractivity contribution is 0.0994. The van der Waals surface area contributed by atoms with Gasteiger partial charge < -0.3 is 4.74 Å². The highest BCUT2D eigenvalue weighted by Crippen LogP contribution is 2.29. The van der Waals surface area contributed by atoms with Gasteiger partial charge in [-0.3, -0.25) is 4.79 Å². The summed E-state index contributed by atoms with van der Waals surface area (Å²) in [6, 6.07) is 5.86. The highest BCUT2D eigenvalue weighted by atomic mass is 32.2. The van der Waals surface area contributed by atoms with E-state index in [9.17, 15) is 4.79 Å². The number of ether oxygens (including phenoxy) is 1. The Labute approximate surface area is 93.0 Å². The van der Waals surface area contributed by atoms with Crippen LogP contribution in [-0.2, 0) is 6.42 Å². The molecule has 3 heteroatoms. The van der Waals surface area contributed by atoms with Crippen molar-refractivity contribution < 1.29 is 9.53 Å². The Hall–Kier alpha value is -0.960. The van der Waals surface area contributed by atoms with E-state index in [2.05, 4.69) is 0 Å².